The van der Waals surface area contributed by atoms with E-state index in [1.54, 1.807) is 65.8 Å². The fourth-order valence-electron chi connectivity index (χ4n) is 3.83. The molecule has 0 spiro atoms. The second kappa shape index (κ2) is 8.71. The van der Waals surface area contributed by atoms with Crippen molar-refractivity contribution < 1.29 is 28.7 Å². The molecule has 2 aliphatic heterocycles. The van der Waals surface area contributed by atoms with Crippen LogP contribution in [0.2, 0.25) is 0 Å². The number of hydrogen-bond donors (Lipinski definition) is 0. The van der Waals surface area contributed by atoms with E-state index in [9.17, 15) is 19.2 Å². The minimum absolute atomic E-state index is 0.00858. The molecule has 4 heterocycles. The van der Waals surface area contributed by atoms with Crippen LogP contribution in [0.1, 0.15) is 52.7 Å². The first kappa shape index (κ1) is 24.8. The topological polar surface area (TPSA) is 119 Å². The van der Waals surface area contributed by atoms with Gasteiger partial charge in [0.2, 0.25) is 0 Å². The maximum Gasteiger partial charge on any atom is 0.422 e. The molecule has 0 bridgehead atoms. The summed E-state index contributed by atoms with van der Waals surface area (Å²) in [6.45, 7) is 10.0. The van der Waals surface area contributed by atoms with E-state index in [-0.39, 0.29) is 22.5 Å². The van der Waals surface area contributed by atoms with Crippen molar-refractivity contribution in [3.8, 4) is 0 Å². The maximum absolute atomic E-state index is 13.8. The minimum Gasteiger partial charge on any atom is -0.443 e. The van der Waals surface area contributed by atoms with E-state index in [1.165, 1.54) is 24.8 Å². The van der Waals surface area contributed by atoms with Gasteiger partial charge < -0.3 is 9.47 Å². The fraction of sp³-hybridized carbons (Fsp3) is 0.308. The Bertz CT molecular complexity index is 1210. The quantitative estimate of drug-likeness (QED) is 0.616. The van der Waals surface area contributed by atoms with Gasteiger partial charge in [-0.15, -0.1) is 0 Å². The van der Waals surface area contributed by atoms with Gasteiger partial charge in [0.1, 0.15) is 11.2 Å². The van der Waals surface area contributed by atoms with Gasteiger partial charge in [-0.1, -0.05) is 0 Å². The van der Waals surface area contributed by atoms with Crippen molar-refractivity contribution in [1.29, 1.82) is 0 Å². The summed E-state index contributed by atoms with van der Waals surface area (Å²) in [6.07, 6.45) is 3.99. The van der Waals surface area contributed by atoms with Crippen LogP contribution in [0.15, 0.2) is 60.2 Å². The SMILES string of the molecule is CC(C)(C)OC(=O)N1C(=O)C2=C(c3ccncc3)N(C(=O)OC(C)(C)C)C(=O)C2=C1c1ccncc1. The van der Waals surface area contributed by atoms with Gasteiger partial charge in [0.05, 0.1) is 22.5 Å². The molecule has 0 aromatic carbocycles. The number of carbonyl (C=O) groups excluding carboxylic acids is 4. The first-order valence-corrected chi connectivity index (χ1v) is 11.2. The average molecular weight is 491 g/mol. The van der Waals surface area contributed by atoms with Crippen LogP contribution in [0.4, 0.5) is 9.59 Å². The standard InChI is InChI=1S/C26H26N4O6/c1-25(2,3)35-23(33)29-19(15-7-11-27-12-8-15)17-18(21(29)31)20(16-9-13-28-14-10-16)30(22(17)32)24(34)36-26(4,5)6/h7-14H,1-6H3. The van der Waals surface area contributed by atoms with Gasteiger partial charge in [0, 0.05) is 35.9 Å². The van der Waals surface area contributed by atoms with Gasteiger partial charge in [-0.2, -0.15) is 0 Å². The summed E-state index contributed by atoms with van der Waals surface area (Å²) in [7, 11) is 0. The number of imide groups is 2. The van der Waals surface area contributed by atoms with Crippen molar-refractivity contribution in [3.05, 3.63) is 71.3 Å². The molecule has 0 fully saturated rings. The number of fused-ring (bicyclic) bond motifs is 1. The number of amides is 4. The normalized spacial score (nSPS) is 16.1. The van der Waals surface area contributed by atoms with Gasteiger partial charge in [-0.3, -0.25) is 19.6 Å². The first-order valence-electron chi connectivity index (χ1n) is 11.2. The Balaban J connectivity index is 2.00. The molecular formula is C26H26N4O6. The van der Waals surface area contributed by atoms with Crippen molar-refractivity contribution in [2.45, 2.75) is 52.7 Å². The summed E-state index contributed by atoms with van der Waals surface area (Å²) in [5.41, 5.74) is -1.24. The first-order chi connectivity index (χ1) is 16.8. The lowest BCUT2D eigenvalue weighted by atomic mass is 10.0. The van der Waals surface area contributed by atoms with Crippen molar-refractivity contribution in [3.63, 3.8) is 0 Å². The third-order valence-electron chi connectivity index (χ3n) is 5.06. The lowest BCUT2D eigenvalue weighted by molar-refractivity contribution is -0.123. The number of pyridine rings is 2. The van der Waals surface area contributed by atoms with Crippen LogP contribution in [0.25, 0.3) is 11.4 Å². The van der Waals surface area contributed by atoms with E-state index < -0.39 is 35.2 Å². The zero-order valence-electron chi connectivity index (χ0n) is 20.9. The summed E-state index contributed by atoms with van der Waals surface area (Å²) in [4.78, 5) is 63.8. The third kappa shape index (κ3) is 4.49. The summed E-state index contributed by atoms with van der Waals surface area (Å²) in [5, 5.41) is 0. The van der Waals surface area contributed by atoms with Crippen LogP contribution in [0, 0.1) is 0 Å². The predicted octanol–water partition coefficient (Wildman–Crippen LogP) is 4.15. The van der Waals surface area contributed by atoms with Crippen molar-refractivity contribution >= 4 is 35.4 Å². The van der Waals surface area contributed by atoms with E-state index >= 15 is 0 Å². The van der Waals surface area contributed by atoms with Crippen molar-refractivity contribution in [2.75, 3.05) is 0 Å². The minimum atomic E-state index is -0.945. The highest BCUT2D eigenvalue weighted by Gasteiger charge is 2.54. The molecular weight excluding hydrogens is 464 g/mol. The van der Waals surface area contributed by atoms with Crippen LogP contribution < -0.4 is 0 Å². The smallest absolute Gasteiger partial charge is 0.422 e. The fourth-order valence-corrected chi connectivity index (χ4v) is 3.83. The Kier molecular flexibility index (Phi) is 5.99. The Morgan fingerprint density at radius 1 is 0.639 bits per heavy atom. The molecule has 0 radical (unpaired) electrons. The van der Waals surface area contributed by atoms with Gasteiger partial charge >= 0.3 is 12.2 Å². The molecule has 2 aromatic heterocycles. The highest BCUT2D eigenvalue weighted by molar-refractivity contribution is 6.35. The molecule has 0 saturated heterocycles. The van der Waals surface area contributed by atoms with Crippen molar-refractivity contribution in [1.82, 2.24) is 19.8 Å². The van der Waals surface area contributed by atoms with E-state index in [0.29, 0.717) is 11.1 Å². The van der Waals surface area contributed by atoms with Gasteiger partial charge in [-0.25, -0.2) is 19.4 Å². The molecule has 2 aliphatic rings. The van der Waals surface area contributed by atoms with Crippen LogP contribution in [-0.4, -0.2) is 55.0 Å². The third-order valence-corrected chi connectivity index (χ3v) is 5.06. The summed E-state index contributed by atoms with van der Waals surface area (Å²) in [6, 6.07) is 6.24. The molecule has 0 atom stereocenters. The highest BCUT2D eigenvalue weighted by Crippen LogP contribution is 2.47. The Labute approximate surface area is 208 Å². The number of ether oxygens (including phenoxy) is 2. The lowest BCUT2D eigenvalue weighted by Crippen LogP contribution is -2.40. The molecule has 36 heavy (non-hydrogen) atoms. The molecule has 4 amide bonds. The Hall–Kier alpha value is -4.34. The predicted molar refractivity (Wildman–Crippen MR) is 128 cm³/mol. The molecule has 4 rings (SSSR count). The van der Waals surface area contributed by atoms with Gasteiger partial charge in [-0.05, 0) is 65.8 Å². The highest BCUT2D eigenvalue weighted by atomic mass is 16.6. The number of carbonyl (C=O) groups is 4. The lowest BCUT2D eigenvalue weighted by Gasteiger charge is -2.27. The molecule has 0 saturated carbocycles. The second-order valence-corrected chi connectivity index (χ2v) is 10.2. The molecule has 0 unspecified atom stereocenters. The largest absolute Gasteiger partial charge is 0.443 e. The summed E-state index contributed by atoms with van der Waals surface area (Å²) < 4.78 is 11.0. The molecule has 0 aliphatic carbocycles. The van der Waals surface area contributed by atoms with Crippen LogP contribution in [0.5, 0.6) is 0 Å². The number of rotatable bonds is 2. The molecule has 2 aromatic rings. The molecule has 10 nitrogen and oxygen atoms in total. The number of nitrogens with zero attached hydrogens (tertiary/aromatic N) is 4. The summed E-state index contributed by atoms with van der Waals surface area (Å²) in [5.74, 6) is -1.59. The second-order valence-electron chi connectivity index (χ2n) is 10.2. The maximum atomic E-state index is 13.8. The zero-order valence-corrected chi connectivity index (χ0v) is 20.9. The van der Waals surface area contributed by atoms with Crippen LogP contribution in [0.3, 0.4) is 0 Å². The van der Waals surface area contributed by atoms with Crippen LogP contribution in [-0.2, 0) is 19.1 Å². The van der Waals surface area contributed by atoms with Gasteiger partial charge in [0.25, 0.3) is 11.8 Å². The van der Waals surface area contributed by atoms with E-state index in [0.717, 1.165) is 9.80 Å². The van der Waals surface area contributed by atoms with E-state index in [1.807, 2.05) is 0 Å². The van der Waals surface area contributed by atoms with E-state index in [2.05, 4.69) is 9.97 Å². The molecule has 186 valence electrons. The molecule has 0 N–H and O–H groups in total. The van der Waals surface area contributed by atoms with Gasteiger partial charge in [0.15, 0.2) is 0 Å². The summed E-state index contributed by atoms with van der Waals surface area (Å²) >= 11 is 0. The zero-order chi connectivity index (χ0) is 26.4. The average Bonchev–Trinajstić information content (AvgIpc) is 3.25. The van der Waals surface area contributed by atoms with Crippen LogP contribution >= 0.6 is 0 Å². The number of aromatic nitrogens is 2. The number of hydrogen-bond acceptors (Lipinski definition) is 8. The Morgan fingerprint density at radius 3 is 1.22 bits per heavy atom. The monoisotopic (exact) mass is 490 g/mol. The van der Waals surface area contributed by atoms with Crippen molar-refractivity contribution in [2.24, 2.45) is 0 Å². The Morgan fingerprint density at radius 2 is 0.944 bits per heavy atom. The van der Waals surface area contributed by atoms with E-state index in [4.69, 9.17) is 9.47 Å². The molecule has 10 heteroatoms.